The summed E-state index contributed by atoms with van der Waals surface area (Å²) in [6, 6.07) is 5.59. The minimum Gasteiger partial charge on any atom is -0.333 e. The number of nitrogens with zero attached hydrogens (tertiary/aromatic N) is 3. The van der Waals surface area contributed by atoms with E-state index in [9.17, 15) is 35.9 Å². The first-order valence-corrected chi connectivity index (χ1v) is 10.5. The molecule has 0 saturated heterocycles. The first kappa shape index (κ1) is 23.7. The second-order valence-electron chi connectivity index (χ2n) is 7.33. The molecule has 0 saturated carbocycles. The molecule has 0 spiro atoms. The van der Waals surface area contributed by atoms with Crippen LogP contribution in [-0.2, 0) is 25.3 Å². The Hall–Kier alpha value is -3.48. The number of amides is 2. The highest BCUT2D eigenvalue weighted by molar-refractivity contribution is 7.15. The van der Waals surface area contributed by atoms with Gasteiger partial charge in [0.05, 0.1) is 23.4 Å². The Labute approximate surface area is 192 Å². The summed E-state index contributed by atoms with van der Waals surface area (Å²) in [5.74, 6) is -1.46. The standard InChI is InChI=1S/C21H14F6N4O2S/c22-20(23,24)12-7-11(8-13(9-12)21(25,26)27)18(33)31-6-4-14-16(10-31)34-19(29-14)30-17(32)15-3-1-2-5-28-15/h1-3,5,7-9H,4,6,10H2,(H,29,30,32). The summed E-state index contributed by atoms with van der Waals surface area (Å²) in [6.45, 7) is -0.0241. The van der Waals surface area contributed by atoms with E-state index in [2.05, 4.69) is 15.3 Å². The first-order valence-electron chi connectivity index (χ1n) is 9.71. The predicted molar refractivity (Wildman–Crippen MR) is 109 cm³/mol. The van der Waals surface area contributed by atoms with E-state index in [-0.39, 0.29) is 36.4 Å². The van der Waals surface area contributed by atoms with Crippen LogP contribution < -0.4 is 5.32 Å². The van der Waals surface area contributed by atoms with Crippen molar-refractivity contribution in [3.63, 3.8) is 0 Å². The highest BCUT2D eigenvalue weighted by atomic mass is 32.1. The molecule has 6 nitrogen and oxygen atoms in total. The van der Waals surface area contributed by atoms with Gasteiger partial charge in [-0.25, -0.2) is 4.98 Å². The number of aromatic nitrogens is 2. The molecule has 0 bridgehead atoms. The lowest BCUT2D eigenvalue weighted by atomic mass is 10.0. The molecule has 1 aromatic carbocycles. The second-order valence-corrected chi connectivity index (χ2v) is 8.41. The zero-order chi connectivity index (χ0) is 24.7. The molecule has 13 heteroatoms. The van der Waals surface area contributed by atoms with Crippen LogP contribution in [0.2, 0.25) is 0 Å². The number of pyridine rings is 1. The molecule has 1 N–H and O–H groups in total. The van der Waals surface area contributed by atoms with E-state index < -0.39 is 40.9 Å². The summed E-state index contributed by atoms with van der Waals surface area (Å²) >= 11 is 1.06. The van der Waals surface area contributed by atoms with Gasteiger partial charge in [0.15, 0.2) is 5.13 Å². The van der Waals surface area contributed by atoms with Gasteiger partial charge in [0, 0.05) is 29.6 Å². The maximum Gasteiger partial charge on any atom is 0.416 e. The molecule has 2 amide bonds. The van der Waals surface area contributed by atoms with Crippen molar-refractivity contribution in [3.8, 4) is 0 Å². The van der Waals surface area contributed by atoms with Crippen molar-refractivity contribution in [2.75, 3.05) is 11.9 Å². The van der Waals surface area contributed by atoms with Gasteiger partial charge in [0.1, 0.15) is 5.69 Å². The molecule has 0 atom stereocenters. The van der Waals surface area contributed by atoms with Crippen LogP contribution in [-0.4, -0.2) is 33.2 Å². The molecule has 0 radical (unpaired) electrons. The van der Waals surface area contributed by atoms with Crippen molar-refractivity contribution in [2.24, 2.45) is 0 Å². The molecule has 3 aromatic rings. The smallest absolute Gasteiger partial charge is 0.333 e. The van der Waals surface area contributed by atoms with Crippen molar-refractivity contribution in [2.45, 2.75) is 25.3 Å². The number of hydrogen-bond acceptors (Lipinski definition) is 5. The lowest BCUT2D eigenvalue weighted by Crippen LogP contribution is -2.35. The van der Waals surface area contributed by atoms with E-state index in [1.165, 1.54) is 12.3 Å². The Morgan fingerprint density at radius 2 is 1.68 bits per heavy atom. The fourth-order valence-electron chi connectivity index (χ4n) is 3.34. The molecule has 0 fully saturated rings. The zero-order valence-corrected chi connectivity index (χ0v) is 17.8. The molecule has 1 aliphatic heterocycles. The molecule has 0 aliphatic carbocycles. The Morgan fingerprint density at radius 1 is 1.00 bits per heavy atom. The summed E-state index contributed by atoms with van der Waals surface area (Å²) in [6.07, 6.45) is -8.43. The van der Waals surface area contributed by atoms with Crippen LogP contribution in [0.25, 0.3) is 0 Å². The number of alkyl halides is 6. The Kier molecular flexibility index (Phi) is 6.06. The third-order valence-electron chi connectivity index (χ3n) is 4.97. The van der Waals surface area contributed by atoms with Gasteiger partial charge in [-0.05, 0) is 30.3 Å². The van der Waals surface area contributed by atoms with Crippen molar-refractivity contribution in [3.05, 3.63) is 75.6 Å². The van der Waals surface area contributed by atoms with Gasteiger partial charge in [-0.1, -0.05) is 17.4 Å². The number of thiazole rings is 1. The third-order valence-corrected chi connectivity index (χ3v) is 5.97. The normalized spacial score (nSPS) is 14.0. The number of carbonyl (C=O) groups is 2. The van der Waals surface area contributed by atoms with E-state index in [1.807, 2.05) is 0 Å². The monoisotopic (exact) mass is 500 g/mol. The molecule has 2 aromatic heterocycles. The first-order chi connectivity index (χ1) is 15.9. The number of nitrogens with one attached hydrogen (secondary N) is 1. The molecule has 1 aliphatic rings. The number of hydrogen-bond donors (Lipinski definition) is 1. The van der Waals surface area contributed by atoms with Crippen LogP contribution in [0.1, 0.15) is 42.5 Å². The van der Waals surface area contributed by atoms with Gasteiger partial charge < -0.3 is 4.90 Å². The average molecular weight is 500 g/mol. The SMILES string of the molecule is O=C(Nc1nc2c(s1)CN(C(=O)c1cc(C(F)(F)F)cc(C(F)(F)F)c1)CC2)c1ccccn1. The van der Waals surface area contributed by atoms with E-state index in [4.69, 9.17) is 0 Å². The molecule has 3 heterocycles. The summed E-state index contributed by atoms with van der Waals surface area (Å²) in [5.41, 5.74) is -3.07. The predicted octanol–water partition coefficient (Wildman–Crippen LogP) is 5.03. The van der Waals surface area contributed by atoms with Crippen molar-refractivity contribution in [1.29, 1.82) is 0 Å². The maximum atomic E-state index is 13.1. The number of fused-ring (bicyclic) bond motifs is 1. The molecule has 0 unspecified atom stereocenters. The summed E-state index contributed by atoms with van der Waals surface area (Å²) in [5, 5.41) is 2.84. The highest BCUT2D eigenvalue weighted by Crippen LogP contribution is 2.37. The van der Waals surface area contributed by atoms with Gasteiger partial charge in [-0.3, -0.25) is 19.9 Å². The van der Waals surface area contributed by atoms with E-state index in [0.717, 1.165) is 16.2 Å². The van der Waals surface area contributed by atoms with Crippen LogP contribution in [0.3, 0.4) is 0 Å². The van der Waals surface area contributed by atoms with Crippen LogP contribution in [0, 0.1) is 0 Å². The molecule has 34 heavy (non-hydrogen) atoms. The second kappa shape index (κ2) is 8.70. The maximum absolute atomic E-state index is 13.1. The summed E-state index contributed by atoms with van der Waals surface area (Å²) in [7, 11) is 0. The number of rotatable bonds is 3. The van der Waals surface area contributed by atoms with Crippen LogP contribution >= 0.6 is 11.3 Å². The van der Waals surface area contributed by atoms with Crippen LogP contribution in [0.4, 0.5) is 31.5 Å². The molecule has 4 rings (SSSR count). The number of carbonyl (C=O) groups excluding carboxylic acids is 2. The van der Waals surface area contributed by atoms with E-state index >= 15 is 0 Å². The molecular formula is C21H14F6N4O2S. The Bertz CT molecular complexity index is 1210. The van der Waals surface area contributed by atoms with Crippen LogP contribution in [0.5, 0.6) is 0 Å². The summed E-state index contributed by atoms with van der Waals surface area (Å²) < 4.78 is 78.8. The van der Waals surface area contributed by atoms with Gasteiger partial charge >= 0.3 is 12.4 Å². The lowest BCUT2D eigenvalue weighted by molar-refractivity contribution is -0.143. The van der Waals surface area contributed by atoms with Crippen LogP contribution in [0.15, 0.2) is 42.6 Å². The van der Waals surface area contributed by atoms with Crippen molar-refractivity contribution in [1.82, 2.24) is 14.9 Å². The van der Waals surface area contributed by atoms with Gasteiger partial charge in [0.2, 0.25) is 0 Å². The zero-order valence-electron chi connectivity index (χ0n) is 17.0. The lowest BCUT2D eigenvalue weighted by Gasteiger charge is -2.26. The minimum atomic E-state index is -5.05. The van der Waals surface area contributed by atoms with Crippen molar-refractivity contribution >= 4 is 28.3 Å². The fourth-order valence-corrected chi connectivity index (χ4v) is 4.36. The largest absolute Gasteiger partial charge is 0.416 e. The Morgan fingerprint density at radius 3 is 2.26 bits per heavy atom. The fraction of sp³-hybridized carbons (Fsp3) is 0.238. The molecule has 178 valence electrons. The summed E-state index contributed by atoms with van der Waals surface area (Å²) in [4.78, 5) is 35.0. The third kappa shape index (κ3) is 5.03. The topological polar surface area (TPSA) is 75.2 Å². The highest BCUT2D eigenvalue weighted by Gasteiger charge is 2.38. The molecular weight excluding hydrogens is 486 g/mol. The quantitative estimate of drug-likeness (QED) is 0.513. The average Bonchev–Trinajstić information content (AvgIpc) is 3.19. The number of halogens is 6. The minimum absolute atomic E-state index is 0.0230. The van der Waals surface area contributed by atoms with Crippen molar-refractivity contribution < 1.29 is 35.9 Å². The number of benzene rings is 1. The van der Waals surface area contributed by atoms with E-state index in [0.29, 0.717) is 22.7 Å². The Balaban J connectivity index is 1.55. The van der Waals surface area contributed by atoms with Gasteiger partial charge in [-0.2, -0.15) is 26.3 Å². The number of anilines is 1. The van der Waals surface area contributed by atoms with E-state index in [1.54, 1.807) is 12.1 Å². The van der Waals surface area contributed by atoms with Gasteiger partial charge in [0.25, 0.3) is 11.8 Å². The van der Waals surface area contributed by atoms with Gasteiger partial charge in [-0.15, -0.1) is 0 Å².